The molecule has 0 aromatic heterocycles. The predicted octanol–water partition coefficient (Wildman–Crippen LogP) is 2.25. The van der Waals surface area contributed by atoms with Crippen LogP contribution in [0.1, 0.15) is 31.9 Å². The number of rotatable bonds is 2. The van der Waals surface area contributed by atoms with Crippen LogP contribution in [0, 0.1) is 13.8 Å². The number of carbonyl (C=O) groups is 1. The van der Waals surface area contributed by atoms with E-state index in [0.29, 0.717) is 6.47 Å². The first-order chi connectivity index (χ1) is 10.2. The maximum atomic E-state index is 9.60. The number of piperazine rings is 1. The van der Waals surface area contributed by atoms with E-state index in [1.165, 1.54) is 16.8 Å². The normalized spacial score (nSPS) is 14.9. The number of anilines is 2. The fourth-order valence-electron chi connectivity index (χ4n) is 2.20. The zero-order valence-corrected chi connectivity index (χ0v) is 14.4. The van der Waals surface area contributed by atoms with Gasteiger partial charge in [0.25, 0.3) is 6.47 Å². The van der Waals surface area contributed by atoms with E-state index in [1.807, 2.05) is 20.8 Å². The van der Waals surface area contributed by atoms with E-state index in [2.05, 4.69) is 40.9 Å². The van der Waals surface area contributed by atoms with E-state index in [1.54, 1.807) is 0 Å². The molecule has 2 rings (SSSR count). The van der Waals surface area contributed by atoms with Gasteiger partial charge in [0.05, 0.1) is 0 Å². The first kappa shape index (κ1) is 18.3. The molecular formula is C17H29N3O2. The highest BCUT2D eigenvalue weighted by molar-refractivity contribution is 5.62. The quantitative estimate of drug-likeness (QED) is 0.648. The molecule has 0 saturated carbocycles. The molecule has 22 heavy (non-hydrogen) atoms. The van der Waals surface area contributed by atoms with Gasteiger partial charge in [-0.1, -0.05) is 0 Å². The molecule has 124 valence electrons. The van der Waals surface area contributed by atoms with E-state index in [0.717, 1.165) is 31.9 Å². The molecule has 1 fully saturated rings. The zero-order valence-electron chi connectivity index (χ0n) is 14.4. The predicted molar refractivity (Wildman–Crippen MR) is 92.3 cm³/mol. The van der Waals surface area contributed by atoms with E-state index in [-0.39, 0.29) is 5.60 Å². The summed E-state index contributed by atoms with van der Waals surface area (Å²) in [4.78, 5) is 12.0. The number of nitrogen functional groups attached to an aromatic ring is 1. The maximum absolute atomic E-state index is 9.60. The van der Waals surface area contributed by atoms with Gasteiger partial charge in [-0.15, -0.1) is 0 Å². The minimum absolute atomic E-state index is 0.318. The molecule has 5 nitrogen and oxygen atoms in total. The molecule has 0 bridgehead atoms. The zero-order chi connectivity index (χ0) is 16.8. The van der Waals surface area contributed by atoms with Crippen LogP contribution >= 0.6 is 0 Å². The van der Waals surface area contributed by atoms with Crippen molar-refractivity contribution in [2.24, 2.45) is 0 Å². The molecule has 0 amide bonds. The number of carbonyl (C=O) groups excluding carboxylic acids is 1. The van der Waals surface area contributed by atoms with Gasteiger partial charge in [-0.2, -0.15) is 0 Å². The van der Waals surface area contributed by atoms with E-state index in [4.69, 9.17) is 5.73 Å². The van der Waals surface area contributed by atoms with Crippen molar-refractivity contribution >= 4 is 17.8 Å². The van der Waals surface area contributed by atoms with Gasteiger partial charge in [-0.25, -0.2) is 0 Å². The lowest BCUT2D eigenvalue weighted by molar-refractivity contribution is -0.138. The molecule has 3 N–H and O–H groups in total. The van der Waals surface area contributed by atoms with Crippen LogP contribution in [0.5, 0.6) is 0 Å². The van der Waals surface area contributed by atoms with Gasteiger partial charge < -0.3 is 20.7 Å². The van der Waals surface area contributed by atoms with Crippen molar-refractivity contribution in [2.75, 3.05) is 36.8 Å². The minimum Gasteiger partial charge on any atom is -0.462 e. The molecule has 0 atom stereocenters. The number of nitrogens with one attached hydrogen (secondary N) is 1. The summed E-state index contributed by atoms with van der Waals surface area (Å²) >= 11 is 0. The summed E-state index contributed by atoms with van der Waals surface area (Å²) in [5.74, 6) is 0. The number of nitrogens with two attached hydrogens (primary N) is 1. The Morgan fingerprint density at radius 1 is 1.18 bits per heavy atom. The summed E-state index contributed by atoms with van der Waals surface area (Å²) in [6.45, 7) is 14.4. The Balaban J connectivity index is 0.000000295. The second kappa shape index (κ2) is 8.03. The summed E-state index contributed by atoms with van der Waals surface area (Å²) in [7, 11) is 0. The van der Waals surface area contributed by atoms with Gasteiger partial charge in [-0.3, -0.25) is 4.79 Å². The number of benzene rings is 1. The largest absolute Gasteiger partial charge is 0.462 e. The summed E-state index contributed by atoms with van der Waals surface area (Å²) in [5, 5.41) is 3.36. The van der Waals surface area contributed by atoms with Crippen LogP contribution in [0.15, 0.2) is 12.1 Å². The van der Waals surface area contributed by atoms with Crippen molar-refractivity contribution < 1.29 is 9.53 Å². The molecule has 0 aliphatic carbocycles. The lowest BCUT2D eigenvalue weighted by Gasteiger charge is -2.30. The summed E-state index contributed by atoms with van der Waals surface area (Å²) < 4.78 is 4.55. The average Bonchev–Trinajstić information content (AvgIpc) is 2.44. The van der Waals surface area contributed by atoms with Gasteiger partial charge >= 0.3 is 0 Å². The fourth-order valence-corrected chi connectivity index (χ4v) is 2.20. The molecule has 1 saturated heterocycles. The SMILES string of the molecule is CC(C)(C)OC=O.Cc1cc(N2CCNCC2)cc(C)c1N. The van der Waals surface area contributed by atoms with Crippen LogP contribution in [0.2, 0.25) is 0 Å². The van der Waals surface area contributed by atoms with Crippen LogP contribution in [0.3, 0.4) is 0 Å². The Morgan fingerprint density at radius 3 is 2.05 bits per heavy atom. The molecule has 1 aliphatic heterocycles. The standard InChI is InChI=1S/C12H19N3.C5H10O2/c1-9-7-11(8-10(2)12(9)13)15-5-3-14-4-6-15;1-5(2,3)7-4-6/h7-8,14H,3-6,13H2,1-2H3;4H,1-3H3. The Labute approximate surface area is 133 Å². The summed E-state index contributed by atoms with van der Waals surface area (Å²) in [5.41, 5.74) is 10.2. The third kappa shape index (κ3) is 5.93. The van der Waals surface area contributed by atoms with Crippen molar-refractivity contribution in [3.8, 4) is 0 Å². The molecular weight excluding hydrogens is 278 g/mol. The fraction of sp³-hybridized carbons (Fsp3) is 0.588. The molecule has 1 aliphatic rings. The summed E-state index contributed by atoms with van der Waals surface area (Å²) in [6, 6.07) is 4.38. The van der Waals surface area contributed by atoms with Gasteiger partial charge in [-0.05, 0) is 57.9 Å². The Bertz CT molecular complexity index is 466. The van der Waals surface area contributed by atoms with Crippen molar-refractivity contribution in [2.45, 2.75) is 40.2 Å². The highest BCUT2D eigenvalue weighted by Gasteiger charge is 2.12. The summed E-state index contributed by atoms with van der Waals surface area (Å²) in [6.07, 6.45) is 0. The monoisotopic (exact) mass is 307 g/mol. The molecule has 1 aromatic rings. The van der Waals surface area contributed by atoms with Crippen molar-refractivity contribution in [3.63, 3.8) is 0 Å². The van der Waals surface area contributed by atoms with Crippen molar-refractivity contribution in [1.82, 2.24) is 5.32 Å². The highest BCUT2D eigenvalue weighted by Crippen LogP contribution is 2.24. The Kier molecular flexibility index (Phi) is 6.68. The topological polar surface area (TPSA) is 67.6 Å². The molecule has 0 unspecified atom stereocenters. The van der Waals surface area contributed by atoms with Crippen LogP contribution in [0.25, 0.3) is 0 Å². The van der Waals surface area contributed by atoms with E-state index in [9.17, 15) is 4.79 Å². The number of hydrogen-bond acceptors (Lipinski definition) is 5. The van der Waals surface area contributed by atoms with E-state index < -0.39 is 0 Å². The molecule has 1 aromatic carbocycles. The molecule has 0 spiro atoms. The Hall–Kier alpha value is -1.75. The third-order valence-electron chi connectivity index (χ3n) is 3.46. The smallest absolute Gasteiger partial charge is 0.293 e. The number of nitrogens with zero attached hydrogens (tertiary/aromatic N) is 1. The van der Waals surface area contributed by atoms with Crippen molar-refractivity contribution in [3.05, 3.63) is 23.3 Å². The van der Waals surface area contributed by atoms with Gasteiger partial charge in [0.2, 0.25) is 0 Å². The molecule has 0 radical (unpaired) electrons. The van der Waals surface area contributed by atoms with Gasteiger partial charge in [0, 0.05) is 37.6 Å². The van der Waals surface area contributed by atoms with Crippen LogP contribution in [-0.4, -0.2) is 38.3 Å². The first-order valence-corrected chi connectivity index (χ1v) is 7.68. The first-order valence-electron chi connectivity index (χ1n) is 7.68. The second-order valence-corrected chi connectivity index (χ2v) is 6.56. The highest BCUT2D eigenvalue weighted by atomic mass is 16.5. The molecule has 1 heterocycles. The minimum atomic E-state index is -0.318. The third-order valence-corrected chi connectivity index (χ3v) is 3.46. The van der Waals surface area contributed by atoms with Crippen molar-refractivity contribution in [1.29, 1.82) is 0 Å². The number of aryl methyl sites for hydroxylation is 2. The lowest BCUT2D eigenvalue weighted by atomic mass is 10.1. The lowest BCUT2D eigenvalue weighted by Crippen LogP contribution is -2.43. The average molecular weight is 307 g/mol. The maximum Gasteiger partial charge on any atom is 0.293 e. The second-order valence-electron chi connectivity index (χ2n) is 6.56. The van der Waals surface area contributed by atoms with Crippen LogP contribution in [0.4, 0.5) is 11.4 Å². The Morgan fingerprint density at radius 2 is 1.68 bits per heavy atom. The number of hydrogen-bond donors (Lipinski definition) is 2. The van der Waals surface area contributed by atoms with Gasteiger partial charge in [0.15, 0.2) is 0 Å². The number of ether oxygens (including phenoxy) is 1. The van der Waals surface area contributed by atoms with Crippen LogP contribution in [-0.2, 0) is 9.53 Å². The molecule has 5 heteroatoms. The van der Waals surface area contributed by atoms with E-state index >= 15 is 0 Å². The van der Waals surface area contributed by atoms with Crippen LogP contribution < -0.4 is 16.0 Å². The van der Waals surface area contributed by atoms with Gasteiger partial charge in [0.1, 0.15) is 5.60 Å².